The highest BCUT2D eigenvalue weighted by Crippen LogP contribution is 2.40. The van der Waals surface area contributed by atoms with E-state index in [0.717, 1.165) is 11.1 Å². The first-order valence-corrected chi connectivity index (χ1v) is 12.3. The molecule has 0 saturated carbocycles. The number of carbonyl (C=O) groups is 1. The van der Waals surface area contributed by atoms with Crippen molar-refractivity contribution in [1.29, 1.82) is 0 Å². The van der Waals surface area contributed by atoms with E-state index in [2.05, 4.69) is 26.1 Å². The number of fused-ring (bicyclic) bond motifs is 1. The van der Waals surface area contributed by atoms with Gasteiger partial charge < -0.3 is 10.1 Å². The Morgan fingerprint density at radius 2 is 1.67 bits per heavy atom. The molecule has 0 aliphatic carbocycles. The second-order valence-corrected chi connectivity index (χ2v) is 11.1. The minimum absolute atomic E-state index is 0.129. The number of nitrogens with zero attached hydrogens (tertiary/aromatic N) is 1. The molecule has 3 aromatic carbocycles. The second kappa shape index (κ2) is 8.56. The number of amides is 1. The van der Waals surface area contributed by atoms with Gasteiger partial charge in [-0.1, -0.05) is 62.7 Å². The number of aryl methyl sites for hydroxylation is 1. The molecule has 0 bridgehead atoms. The Labute approximate surface area is 195 Å². The third kappa shape index (κ3) is 4.73. The number of rotatable bonds is 4. The molecule has 0 saturated heterocycles. The maximum atomic E-state index is 13.6. The molecule has 6 nitrogen and oxygen atoms in total. The Morgan fingerprint density at radius 1 is 1.00 bits per heavy atom. The lowest BCUT2D eigenvalue weighted by atomic mass is 9.86. The van der Waals surface area contributed by atoms with Gasteiger partial charge in [0, 0.05) is 5.69 Å². The molecule has 0 unspecified atom stereocenters. The van der Waals surface area contributed by atoms with E-state index in [4.69, 9.17) is 4.74 Å². The molecule has 172 valence electrons. The van der Waals surface area contributed by atoms with Gasteiger partial charge in [0.2, 0.25) is 0 Å². The summed E-state index contributed by atoms with van der Waals surface area (Å²) in [5.74, 6) is -0.0459. The number of anilines is 2. The minimum Gasteiger partial charge on any atom is -0.476 e. The van der Waals surface area contributed by atoms with E-state index in [1.807, 2.05) is 31.2 Å². The SMILES string of the molecule is Cc1ccc(NC(=O)[C@@H]2CN(S(=O)(=O)c3ccccc3)c3cc(C(C)(C)C)ccc3O2)cc1. The number of hydrogen-bond acceptors (Lipinski definition) is 4. The van der Waals surface area contributed by atoms with Crippen molar-refractivity contribution in [1.82, 2.24) is 0 Å². The van der Waals surface area contributed by atoms with E-state index in [9.17, 15) is 13.2 Å². The van der Waals surface area contributed by atoms with Gasteiger partial charge in [0.25, 0.3) is 15.9 Å². The largest absolute Gasteiger partial charge is 0.476 e. The summed E-state index contributed by atoms with van der Waals surface area (Å²) in [7, 11) is -3.91. The summed E-state index contributed by atoms with van der Waals surface area (Å²) >= 11 is 0. The van der Waals surface area contributed by atoms with Crippen LogP contribution in [0.4, 0.5) is 11.4 Å². The summed E-state index contributed by atoms with van der Waals surface area (Å²) in [5, 5.41) is 2.83. The summed E-state index contributed by atoms with van der Waals surface area (Å²) in [4.78, 5) is 13.2. The standard InChI is InChI=1S/C26H28N2O4S/c1-18-10-13-20(14-11-18)27-25(29)24-17-28(33(30,31)21-8-6-5-7-9-21)22-16-19(26(2,3)4)12-15-23(22)32-24/h5-16,24H,17H2,1-4H3,(H,27,29)/t24-/m0/s1. The molecule has 1 atom stereocenters. The van der Waals surface area contributed by atoms with Crippen LogP contribution in [0.25, 0.3) is 0 Å². The zero-order chi connectivity index (χ0) is 23.8. The van der Waals surface area contributed by atoms with Gasteiger partial charge in [0.15, 0.2) is 6.10 Å². The first kappa shape index (κ1) is 22.9. The number of nitrogens with one attached hydrogen (secondary N) is 1. The van der Waals surface area contributed by atoms with Crippen LogP contribution in [0.3, 0.4) is 0 Å². The van der Waals surface area contributed by atoms with Crippen LogP contribution in [0.5, 0.6) is 5.75 Å². The van der Waals surface area contributed by atoms with Crippen molar-refractivity contribution in [2.75, 3.05) is 16.2 Å². The van der Waals surface area contributed by atoms with Gasteiger partial charge in [0.1, 0.15) is 5.75 Å². The fraction of sp³-hybridized carbons (Fsp3) is 0.269. The fourth-order valence-electron chi connectivity index (χ4n) is 3.66. The second-order valence-electron chi connectivity index (χ2n) is 9.24. The Balaban J connectivity index is 1.73. The molecule has 0 spiro atoms. The predicted octanol–water partition coefficient (Wildman–Crippen LogP) is 4.89. The average Bonchev–Trinajstić information content (AvgIpc) is 2.79. The molecule has 4 rings (SSSR count). The molecule has 7 heteroatoms. The van der Waals surface area contributed by atoms with Gasteiger partial charge in [0.05, 0.1) is 17.1 Å². The fourth-order valence-corrected chi connectivity index (χ4v) is 5.15. The van der Waals surface area contributed by atoms with Crippen molar-refractivity contribution in [2.45, 2.75) is 44.1 Å². The topological polar surface area (TPSA) is 75.7 Å². The number of benzene rings is 3. The van der Waals surface area contributed by atoms with Crippen molar-refractivity contribution >= 4 is 27.3 Å². The monoisotopic (exact) mass is 464 g/mol. The van der Waals surface area contributed by atoms with Crippen molar-refractivity contribution in [3.8, 4) is 5.75 Å². The van der Waals surface area contributed by atoms with E-state index < -0.39 is 22.0 Å². The van der Waals surface area contributed by atoms with Crippen molar-refractivity contribution in [2.24, 2.45) is 0 Å². The summed E-state index contributed by atoms with van der Waals surface area (Å²) < 4.78 is 34.5. The van der Waals surface area contributed by atoms with Crippen molar-refractivity contribution in [3.05, 3.63) is 83.9 Å². The average molecular weight is 465 g/mol. The number of hydrogen-bond donors (Lipinski definition) is 1. The summed E-state index contributed by atoms with van der Waals surface area (Å²) in [6, 6.07) is 21.1. The molecule has 33 heavy (non-hydrogen) atoms. The van der Waals surface area contributed by atoms with E-state index >= 15 is 0 Å². The van der Waals surface area contributed by atoms with Gasteiger partial charge in [-0.25, -0.2) is 8.42 Å². The molecule has 0 aromatic heterocycles. The lowest BCUT2D eigenvalue weighted by Crippen LogP contribution is -2.49. The van der Waals surface area contributed by atoms with Crippen LogP contribution in [0.15, 0.2) is 77.7 Å². The van der Waals surface area contributed by atoms with Crippen molar-refractivity contribution in [3.63, 3.8) is 0 Å². The predicted molar refractivity (Wildman–Crippen MR) is 130 cm³/mol. The third-order valence-corrected chi connectivity index (χ3v) is 7.43. The molecule has 1 aliphatic rings. The quantitative estimate of drug-likeness (QED) is 0.597. The normalized spacial score (nSPS) is 16.0. The van der Waals surface area contributed by atoms with E-state index in [0.29, 0.717) is 17.1 Å². The Kier molecular flexibility index (Phi) is 5.93. The summed E-state index contributed by atoms with van der Waals surface area (Å²) in [6.45, 7) is 8.02. The van der Waals surface area contributed by atoms with Crippen LogP contribution in [-0.4, -0.2) is 27.0 Å². The van der Waals surface area contributed by atoms with Gasteiger partial charge >= 0.3 is 0 Å². The van der Waals surface area contributed by atoms with Gasteiger partial charge in [-0.15, -0.1) is 0 Å². The first-order chi connectivity index (χ1) is 15.6. The molecule has 3 aromatic rings. The van der Waals surface area contributed by atoms with E-state index in [1.165, 1.54) is 4.31 Å². The van der Waals surface area contributed by atoms with Crippen LogP contribution in [0.2, 0.25) is 0 Å². The maximum absolute atomic E-state index is 13.6. The van der Waals surface area contributed by atoms with Crippen LogP contribution in [0, 0.1) is 6.92 Å². The Hall–Kier alpha value is -3.32. The van der Waals surface area contributed by atoms with Crippen molar-refractivity contribution < 1.29 is 17.9 Å². The highest BCUT2D eigenvalue weighted by atomic mass is 32.2. The third-order valence-electron chi connectivity index (χ3n) is 5.64. The van der Waals surface area contributed by atoms with Crippen LogP contribution >= 0.6 is 0 Å². The van der Waals surface area contributed by atoms with E-state index in [-0.39, 0.29) is 16.9 Å². The summed E-state index contributed by atoms with van der Waals surface area (Å²) in [6.07, 6.45) is -1.00. The van der Waals surface area contributed by atoms with E-state index in [1.54, 1.807) is 48.5 Å². The lowest BCUT2D eigenvalue weighted by Gasteiger charge is -2.36. The van der Waals surface area contributed by atoms with Gasteiger partial charge in [-0.05, 0) is 54.3 Å². The molecule has 1 aliphatic heterocycles. The smallest absolute Gasteiger partial charge is 0.267 e. The Morgan fingerprint density at radius 3 is 2.30 bits per heavy atom. The van der Waals surface area contributed by atoms with Gasteiger partial charge in [-0.3, -0.25) is 9.10 Å². The highest BCUT2D eigenvalue weighted by molar-refractivity contribution is 7.92. The van der Waals surface area contributed by atoms with Gasteiger partial charge in [-0.2, -0.15) is 0 Å². The minimum atomic E-state index is -3.91. The molecular formula is C26H28N2O4S. The Bertz CT molecular complexity index is 1260. The molecule has 1 amide bonds. The molecule has 0 radical (unpaired) electrons. The number of sulfonamides is 1. The van der Waals surface area contributed by atoms with Crippen LogP contribution < -0.4 is 14.4 Å². The lowest BCUT2D eigenvalue weighted by molar-refractivity contribution is -0.122. The van der Waals surface area contributed by atoms with Crippen LogP contribution in [-0.2, 0) is 20.2 Å². The number of carbonyl (C=O) groups excluding carboxylic acids is 1. The zero-order valence-corrected chi connectivity index (χ0v) is 20.0. The molecule has 0 fully saturated rings. The zero-order valence-electron chi connectivity index (χ0n) is 19.2. The van der Waals surface area contributed by atoms with Crippen LogP contribution in [0.1, 0.15) is 31.9 Å². The molecule has 1 heterocycles. The first-order valence-electron chi connectivity index (χ1n) is 10.8. The highest BCUT2D eigenvalue weighted by Gasteiger charge is 2.38. The summed E-state index contributed by atoms with van der Waals surface area (Å²) in [5.41, 5.74) is 2.93. The molecular weight excluding hydrogens is 436 g/mol. The number of ether oxygens (including phenoxy) is 1. The molecule has 1 N–H and O–H groups in total. The maximum Gasteiger partial charge on any atom is 0.267 e.